The first-order valence-electron chi connectivity index (χ1n) is 2.89. The molecule has 1 heterocycles. The van der Waals surface area contributed by atoms with E-state index in [0.29, 0.717) is 6.54 Å². The molecule has 1 aliphatic heterocycles. The van der Waals surface area contributed by atoms with E-state index in [-0.39, 0.29) is 5.37 Å². The van der Waals surface area contributed by atoms with Crippen molar-refractivity contribution in [3.63, 3.8) is 0 Å². The molecule has 1 atom stereocenters. The minimum atomic E-state index is -0.854. The van der Waals surface area contributed by atoms with Gasteiger partial charge in [0, 0.05) is 6.54 Å². The number of rotatable bonds is 0. The smallest absolute Gasteiger partial charge is 0.408 e. The van der Waals surface area contributed by atoms with Crippen molar-refractivity contribution < 1.29 is 9.90 Å². The summed E-state index contributed by atoms with van der Waals surface area (Å²) in [7, 11) is 0. The maximum atomic E-state index is 10.3. The number of nitrogens with zero attached hydrogens (tertiary/aromatic N) is 1. The Bertz CT molecular complexity index is 128. The lowest BCUT2D eigenvalue weighted by Gasteiger charge is -2.15. The van der Waals surface area contributed by atoms with Crippen LogP contribution in [0.5, 0.6) is 0 Å². The Hall–Kier alpha value is -0.380. The number of hydrogen-bond donors (Lipinski definition) is 2. The Kier molecular flexibility index (Phi) is 1.85. The molecule has 0 aromatic heterocycles. The van der Waals surface area contributed by atoms with Crippen LogP contribution < -0.4 is 0 Å². The minimum Gasteiger partial charge on any atom is -0.465 e. The van der Waals surface area contributed by atoms with Crippen LogP contribution in [0.25, 0.3) is 0 Å². The lowest BCUT2D eigenvalue weighted by atomic mass is 10.4. The summed E-state index contributed by atoms with van der Waals surface area (Å²) in [6.07, 6.45) is 0.975. The van der Waals surface area contributed by atoms with Gasteiger partial charge in [0.15, 0.2) is 0 Å². The molecule has 1 N–H and O–H groups in total. The van der Waals surface area contributed by atoms with Crippen LogP contribution in [0.15, 0.2) is 0 Å². The van der Waals surface area contributed by atoms with E-state index in [1.165, 1.54) is 4.90 Å². The van der Waals surface area contributed by atoms with Gasteiger partial charge in [-0.05, 0) is 12.8 Å². The molecule has 4 heteroatoms. The molecule has 3 nitrogen and oxygen atoms in total. The van der Waals surface area contributed by atoms with Crippen LogP contribution in [0.3, 0.4) is 0 Å². The number of thiol groups is 1. The molecule has 1 amide bonds. The van der Waals surface area contributed by atoms with E-state index in [1.807, 2.05) is 0 Å². The van der Waals surface area contributed by atoms with Gasteiger partial charge in [-0.25, -0.2) is 4.79 Å². The van der Waals surface area contributed by atoms with Gasteiger partial charge in [0.2, 0.25) is 0 Å². The fourth-order valence-electron chi connectivity index (χ4n) is 0.972. The van der Waals surface area contributed by atoms with Crippen molar-refractivity contribution >= 4 is 18.7 Å². The highest BCUT2D eigenvalue weighted by molar-refractivity contribution is 7.80. The molecule has 0 saturated carbocycles. The molecule has 52 valence electrons. The van der Waals surface area contributed by atoms with Gasteiger partial charge in [0.05, 0.1) is 5.37 Å². The lowest BCUT2D eigenvalue weighted by Crippen LogP contribution is -2.30. The van der Waals surface area contributed by atoms with Crippen LogP contribution in [0, 0.1) is 0 Å². The normalized spacial score (nSPS) is 26.8. The molecular weight excluding hydrogens is 138 g/mol. The minimum absolute atomic E-state index is 0.0671. The van der Waals surface area contributed by atoms with Crippen molar-refractivity contribution in [3.8, 4) is 0 Å². The van der Waals surface area contributed by atoms with Gasteiger partial charge in [-0.3, -0.25) is 4.90 Å². The quantitative estimate of drug-likeness (QED) is 0.502. The molecule has 1 fully saturated rings. The third kappa shape index (κ3) is 1.30. The summed E-state index contributed by atoms with van der Waals surface area (Å²) < 4.78 is 0. The summed E-state index contributed by atoms with van der Waals surface area (Å²) in [5.74, 6) is 0. The Morgan fingerprint density at radius 1 is 1.78 bits per heavy atom. The molecule has 1 rings (SSSR count). The van der Waals surface area contributed by atoms with Crippen LogP contribution in [0.2, 0.25) is 0 Å². The molecule has 0 spiro atoms. The third-order valence-corrected chi connectivity index (χ3v) is 2.00. The lowest BCUT2D eigenvalue weighted by molar-refractivity contribution is 0.152. The molecule has 1 unspecified atom stereocenters. The molecular formula is C5H9NO2S. The zero-order valence-electron chi connectivity index (χ0n) is 4.95. The van der Waals surface area contributed by atoms with Gasteiger partial charge in [-0.1, -0.05) is 0 Å². The Labute approximate surface area is 59.1 Å². The maximum Gasteiger partial charge on any atom is 0.408 e. The number of hydrogen-bond acceptors (Lipinski definition) is 2. The second kappa shape index (κ2) is 2.47. The molecule has 0 aromatic rings. The Morgan fingerprint density at radius 3 is 2.67 bits per heavy atom. The van der Waals surface area contributed by atoms with E-state index >= 15 is 0 Å². The summed E-state index contributed by atoms with van der Waals surface area (Å²) in [5.41, 5.74) is 0. The van der Waals surface area contributed by atoms with Gasteiger partial charge in [-0.15, -0.1) is 0 Å². The first kappa shape index (κ1) is 6.74. The van der Waals surface area contributed by atoms with Crippen LogP contribution in [0.4, 0.5) is 4.79 Å². The third-order valence-electron chi connectivity index (χ3n) is 1.47. The van der Waals surface area contributed by atoms with Gasteiger partial charge < -0.3 is 5.11 Å². The Balaban J connectivity index is 2.49. The molecule has 0 aliphatic carbocycles. The topological polar surface area (TPSA) is 40.5 Å². The highest BCUT2D eigenvalue weighted by Crippen LogP contribution is 2.19. The van der Waals surface area contributed by atoms with Crippen LogP contribution >= 0.6 is 12.6 Å². The zero-order valence-corrected chi connectivity index (χ0v) is 5.84. The standard InChI is InChI=1S/C5H9NO2S/c7-5(8)6-3-1-2-4(6)9/h4,9H,1-3H2,(H,7,8). The van der Waals surface area contributed by atoms with Crippen LogP contribution in [-0.2, 0) is 0 Å². The maximum absolute atomic E-state index is 10.3. The van der Waals surface area contributed by atoms with Crippen molar-refractivity contribution in [1.82, 2.24) is 4.90 Å². The molecule has 9 heavy (non-hydrogen) atoms. The Morgan fingerprint density at radius 2 is 2.44 bits per heavy atom. The second-order valence-electron chi connectivity index (χ2n) is 2.10. The van der Waals surface area contributed by atoms with Gasteiger partial charge >= 0.3 is 6.09 Å². The van der Waals surface area contributed by atoms with Gasteiger partial charge in [0.25, 0.3) is 0 Å². The molecule has 1 saturated heterocycles. The van der Waals surface area contributed by atoms with Gasteiger partial charge in [0.1, 0.15) is 0 Å². The average molecular weight is 147 g/mol. The second-order valence-corrected chi connectivity index (χ2v) is 2.69. The number of amides is 1. The van der Waals surface area contributed by atoms with Crippen molar-refractivity contribution in [2.24, 2.45) is 0 Å². The fourth-order valence-corrected chi connectivity index (χ4v) is 1.37. The van der Waals surface area contributed by atoms with Crippen molar-refractivity contribution in [2.75, 3.05) is 6.54 Å². The SMILES string of the molecule is O=C(O)N1CCCC1S. The van der Waals surface area contributed by atoms with Crippen LogP contribution in [0.1, 0.15) is 12.8 Å². The first-order chi connectivity index (χ1) is 4.22. The summed E-state index contributed by atoms with van der Waals surface area (Å²) in [5, 5.41) is 8.39. The van der Waals surface area contributed by atoms with E-state index in [4.69, 9.17) is 5.11 Å². The van der Waals surface area contributed by atoms with E-state index < -0.39 is 6.09 Å². The fraction of sp³-hybridized carbons (Fsp3) is 0.800. The number of carboxylic acid groups (broad SMARTS) is 1. The highest BCUT2D eigenvalue weighted by atomic mass is 32.1. The molecule has 1 aliphatic rings. The van der Waals surface area contributed by atoms with Gasteiger partial charge in [-0.2, -0.15) is 12.6 Å². The largest absolute Gasteiger partial charge is 0.465 e. The summed E-state index contributed by atoms with van der Waals surface area (Å²) in [6.45, 7) is 0.642. The summed E-state index contributed by atoms with van der Waals surface area (Å²) in [4.78, 5) is 11.6. The predicted molar refractivity (Wildman–Crippen MR) is 36.7 cm³/mol. The molecule has 0 aromatic carbocycles. The zero-order chi connectivity index (χ0) is 6.85. The summed E-state index contributed by atoms with van der Waals surface area (Å²) >= 11 is 4.07. The summed E-state index contributed by atoms with van der Waals surface area (Å²) in [6, 6.07) is 0. The predicted octanol–water partition coefficient (Wildman–Crippen LogP) is 1.02. The number of likely N-dealkylation sites (tertiary alicyclic amines) is 1. The molecule has 0 radical (unpaired) electrons. The van der Waals surface area contributed by atoms with Crippen LogP contribution in [-0.4, -0.2) is 28.0 Å². The van der Waals surface area contributed by atoms with E-state index in [9.17, 15) is 4.79 Å². The monoisotopic (exact) mass is 147 g/mol. The van der Waals surface area contributed by atoms with E-state index in [2.05, 4.69) is 12.6 Å². The number of carbonyl (C=O) groups is 1. The van der Waals surface area contributed by atoms with E-state index in [0.717, 1.165) is 12.8 Å². The van der Waals surface area contributed by atoms with Crippen molar-refractivity contribution in [2.45, 2.75) is 18.2 Å². The average Bonchev–Trinajstić information content (AvgIpc) is 2.13. The molecule has 0 bridgehead atoms. The first-order valence-corrected chi connectivity index (χ1v) is 3.41. The van der Waals surface area contributed by atoms with Crippen molar-refractivity contribution in [3.05, 3.63) is 0 Å². The highest BCUT2D eigenvalue weighted by Gasteiger charge is 2.24. The van der Waals surface area contributed by atoms with E-state index in [1.54, 1.807) is 0 Å². The van der Waals surface area contributed by atoms with Crippen molar-refractivity contribution in [1.29, 1.82) is 0 Å².